The summed E-state index contributed by atoms with van der Waals surface area (Å²) >= 11 is 0. The second-order valence-electron chi connectivity index (χ2n) is 7.78. The molecule has 0 bridgehead atoms. The molecule has 146 valence electrons. The smallest absolute Gasteiger partial charge is 0.344 e. The first-order chi connectivity index (χ1) is 12.4. The van der Waals surface area contributed by atoms with Gasteiger partial charge in [0.05, 0.1) is 12.7 Å². The molecule has 8 nitrogen and oxygen atoms in total. The van der Waals surface area contributed by atoms with Crippen molar-refractivity contribution in [3.05, 3.63) is 0 Å². The first kappa shape index (κ1) is 19.1. The predicted molar refractivity (Wildman–Crippen MR) is 92.9 cm³/mol. The van der Waals surface area contributed by atoms with Gasteiger partial charge in [0.2, 0.25) is 0 Å². The lowest BCUT2D eigenvalue weighted by Crippen LogP contribution is -2.53. The zero-order valence-electron chi connectivity index (χ0n) is 15.6. The van der Waals surface area contributed by atoms with Gasteiger partial charge in [-0.1, -0.05) is 6.92 Å². The lowest BCUT2D eigenvalue weighted by Gasteiger charge is -2.33. The average molecular weight is 367 g/mol. The predicted octanol–water partition coefficient (Wildman–Crippen LogP) is 1.49. The first-order valence-electron chi connectivity index (χ1n) is 9.62. The van der Waals surface area contributed by atoms with E-state index in [9.17, 15) is 14.4 Å². The molecule has 26 heavy (non-hydrogen) atoms. The molecule has 2 heterocycles. The molecule has 0 aromatic rings. The minimum atomic E-state index is -0.864. The second kappa shape index (κ2) is 7.92. The first-order valence-corrected chi connectivity index (χ1v) is 9.62. The van der Waals surface area contributed by atoms with E-state index < -0.39 is 23.6 Å². The molecule has 4 amide bonds. The molecule has 3 rings (SSSR count). The Morgan fingerprint density at radius 3 is 2.73 bits per heavy atom. The summed E-state index contributed by atoms with van der Waals surface area (Å²) < 4.78 is 11.1. The van der Waals surface area contributed by atoms with Gasteiger partial charge in [-0.2, -0.15) is 5.01 Å². The number of hydrogen-bond acceptors (Lipinski definition) is 5. The van der Waals surface area contributed by atoms with E-state index >= 15 is 0 Å². The van der Waals surface area contributed by atoms with Crippen molar-refractivity contribution in [3.63, 3.8) is 0 Å². The number of carbonyl (C=O) groups is 3. The summed E-state index contributed by atoms with van der Waals surface area (Å²) in [6, 6.07) is -0.569. The Morgan fingerprint density at radius 1 is 1.35 bits per heavy atom. The zero-order valence-corrected chi connectivity index (χ0v) is 15.6. The molecular formula is C18H29N3O5. The molecule has 8 heteroatoms. The Hall–Kier alpha value is -1.67. The molecule has 2 N–H and O–H groups in total. The van der Waals surface area contributed by atoms with E-state index in [1.807, 2.05) is 0 Å². The van der Waals surface area contributed by atoms with Crippen LogP contribution in [0.4, 0.5) is 4.79 Å². The van der Waals surface area contributed by atoms with Gasteiger partial charge in [-0.25, -0.2) is 4.79 Å². The molecule has 0 aromatic heterocycles. The Balaban J connectivity index is 1.51. The number of carbonyl (C=O) groups excluding carboxylic acids is 3. The van der Waals surface area contributed by atoms with Gasteiger partial charge in [-0.3, -0.25) is 15.0 Å². The largest absolute Gasteiger partial charge is 0.376 e. The van der Waals surface area contributed by atoms with E-state index in [2.05, 4.69) is 17.7 Å². The van der Waals surface area contributed by atoms with Crippen LogP contribution in [0.15, 0.2) is 0 Å². The van der Waals surface area contributed by atoms with Crippen molar-refractivity contribution in [2.24, 2.45) is 5.92 Å². The Labute approximate surface area is 153 Å². The second-order valence-corrected chi connectivity index (χ2v) is 7.78. The fourth-order valence-electron chi connectivity index (χ4n) is 3.78. The van der Waals surface area contributed by atoms with Crippen molar-refractivity contribution < 1.29 is 23.9 Å². The summed E-state index contributed by atoms with van der Waals surface area (Å²) in [4.78, 5) is 37.3. The van der Waals surface area contributed by atoms with Crippen LogP contribution in [0.25, 0.3) is 0 Å². The Bertz CT molecular complexity index is 553. The highest BCUT2D eigenvalue weighted by atomic mass is 16.5. The van der Waals surface area contributed by atoms with Crippen LogP contribution in [0.3, 0.4) is 0 Å². The number of imide groups is 1. The van der Waals surface area contributed by atoms with Crippen LogP contribution in [0.1, 0.15) is 58.8 Å². The molecule has 0 unspecified atom stereocenters. The van der Waals surface area contributed by atoms with Gasteiger partial charge >= 0.3 is 6.03 Å². The van der Waals surface area contributed by atoms with Crippen LogP contribution in [0.2, 0.25) is 0 Å². The summed E-state index contributed by atoms with van der Waals surface area (Å²) in [6.07, 6.45) is 5.28. The van der Waals surface area contributed by atoms with Crippen molar-refractivity contribution in [1.82, 2.24) is 15.8 Å². The number of rotatable bonds is 5. The van der Waals surface area contributed by atoms with Gasteiger partial charge in [0, 0.05) is 6.61 Å². The van der Waals surface area contributed by atoms with Crippen molar-refractivity contribution in [2.45, 2.75) is 76.5 Å². The third-order valence-corrected chi connectivity index (χ3v) is 5.69. The number of urea groups is 1. The summed E-state index contributed by atoms with van der Waals surface area (Å²) in [5.74, 6) is -0.333. The van der Waals surface area contributed by atoms with Crippen LogP contribution in [0, 0.1) is 5.92 Å². The lowest BCUT2D eigenvalue weighted by molar-refractivity contribution is -0.146. The summed E-state index contributed by atoms with van der Waals surface area (Å²) in [7, 11) is 0. The van der Waals surface area contributed by atoms with E-state index in [-0.39, 0.29) is 12.0 Å². The van der Waals surface area contributed by atoms with Crippen LogP contribution in [0.5, 0.6) is 0 Å². The number of hydrazine groups is 1. The lowest BCUT2D eigenvalue weighted by atomic mass is 9.77. The highest BCUT2D eigenvalue weighted by Crippen LogP contribution is 2.35. The Kier molecular flexibility index (Phi) is 5.82. The van der Waals surface area contributed by atoms with Crippen LogP contribution < -0.4 is 10.7 Å². The maximum absolute atomic E-state index is 12.7. The van der Waals surface area contributed by atoms with E-state index in [1.165, 1.54) is 0 Å². The van der Waals surface area contributed by atoms with E-state index in [0.717, 1.165) is 43.7 Å². The topological polar surface area (TPSA) is 97.0 Å². The zero-order chi connectivity index (χ0) is 18.7. The number of nitrogens with zero attached hydrogens (tertiary/aromatic N) is 1. The van der Waals surface area contributed by atoms with Gasteiger partial charge in [0.15, 0.2) is 0 Å². The van der Waals surface area contributed by atoms with E-state index in [4.69, 9.17) is 9.47 Å². The summed E-state index contributed by atoms with van der Waals surface area (Å²) in [6.45, 7) is 4.80. The molecule has 0 radical (unpaired) electrons. The highest BCUT2D eigenvalue weighted by Gasteiger charge is 2.53. The molecule has 3 aliphatic rings. The number of amides is 4. The quantitative estimate of drug-likeness (QED) is 0.718. The summed E-state index contributed by atoms with van der Waals surface area (Å²) in [5.41, 5.74) is 1.55. The summed E-state index contributed by atoms with van der Waals surface area (Å²) in [5, 5.41) is 3.59. The van der Waals surface area contributed by atoms with E-state index in [1.54, 1.807) is 6.92 Å². The third kappa shape index (κ3) is 4.01. The van der Waals surface area contributed by atoms with Crippen molar-refractivity contribution in [3.8, 4) is 0 Å². The molecule has 2 atom stereocenters. The normalized spacial score (nSPS) is 33.2. The molecule has 0 aromatic carbocycles. The van der Waals surface area contributed by atoms with Crippen LogP contribution in [-0.4, -0.2) is 53.8 Å². The molecule has 3 fully saturated rings. The maximum Gasteiger partial charge on any atom is 0.344 e. The number of hydrogen-bond donors (Lipinski definition) is 2. The van der Waals surface area contributed by atoms with Gasteiger partial charge in [0.1, 0.15) is 11.6 Å². The van der Waals surface area contributed by atoms with Crippen LogP contribution >= 0.6 is 0 Å². The van der Waals surface area contributed by atoms with Gasteiger partial charge < -0.3 is 14.8 Å². The van der Waals surface area contributed by atoms with Crippen molar-refractivity contribution in [1.29, 1.82) is 0 Å². The van der Waals surface area contributed by atoms with E-state index in [0.29, 0.717) is 25.4 Å². The van der Waals surface area contributed by atoms with Crippen LogP contribution in [-0.2, 0) is 19.1 Å². The van der Waals surface area contributed by atoms with Crippen molar-refractivity contribution >= 4 is 17.8 Å². The van der Waals surface area contributed by atoms with Gasteiger partial charge in [0.25, 0.3) is 11.8 Å². The fraction of sp³-hybridized carbons (Fsp3) is 0.833. The standard InChI is InChI=1S/C18H29N3O5/c1-12-6-8-18(9-7-12)16(23)21(17(24)19-18)20-15(22)13(2)26-11-14-5-3-4-10-25-14/h12-14H,3-11H2,1-2H3,(H,19,24)(H,20,22)/t12?,13-,14-,18?/m0/s1. The molecule has 2 saturated heterocycles. The third-order valence-electron chi connectivity index (χ3n) is 5.69. The molecule has 1 saturated carbocycles. The van der Waals surface area contributed by atoms with Gasteiger partial charge in [-0.15, -0.1) is 0 Å². The fourth-order valence-corrected chi connectivity index (χ4v) is 3.78. The molecule has 1 aliphatic carbocycles. The molecular weight excluding hydrogens is 338 g/mol. The minimum Gasteiger partial charge on any atom is -0.376 e. The monoisotopic (exact) mass is 367 g/mol. The maximum atomic E-state index is 12.7. The SMILES string of the molecule is CC1CCC2(CC1)NC(=O)N(NC(=O)[C@H](C)OC[C@@H]1CCCCO1)C2=O. The molecule has 1 spiro atoms. The Morgan fingerprint density at radius 2 is 2.08 bits per heavy atom. The number of ether oxygens (including phenoxy) is 2. The highest BCUT2D eigenvalue weighted by molar-refractivity contribution is 6.08. The van der Waals surface area contributed by atoms with Gasteiger partial charge in [-0.05, 0) is 57.8 Å². The average Bonchev–Trinajstić information content (AvgIpc) is 2.87. The molecule has 2 aliphatic heterocycles. The minimum absolute atomic E-state index is 0.00298. The van der Waals surface area contributed by atoms with Crippen molar-refractivity contribution in [2.75, 3.05) is 13.2 Å². The number of nitrogens with one attached hydrogen (secondary N) is 2.